The van der Waals surface area contributed by atoms with Crippen LogP contribution in [0.15, 0.2) is 58.5 Å². The number of nitrogens with two attached hydrogens (primary N) is 2. The van der Waals surface area contributed by atoms with E-state index in [2.05, 4.69) is 46.5 Å². The van der Waals surface area contributed by atoms with Crippen LogP contribution in [0, 0.1) is 0 Å². The lowest BCUT2D eigenvalue weighted by atomic mass is 10.1. The van der Waals surface area contributed by atoms with Gasteiger partial charge in [0.05, 0.1) is 0 Å². The SMILES string of the molecule is CN=C(N)NCCCNC(=O)c1ccc2[nH]c(C(=O)Nc3ccc4[nH]c(C(=O)NCCNC(N)=NC)cc4c3)cc2c1. The van der Waals surface area contributed by atoms with Crippen LogP contribution in [0.3, 0.4) is 0 Å². The molecule has 0 unspecified atom stereocenters. The number of guanidine groups is 2. The molecule has 0 aliphatic heterocycles. The minimum absolute atomic E-state index is 0.207. The largest absolute Gasteiger partial charge is 0.370 e. The van der Waals surface area contributed by atoms with Crippen molar-refractivity contribution in [2.24, 2.45) is 21.5 Å². The Morgan fingerprint density at radius 3 is 1.90 bits per heavy atom. The molecule has 0 spiro atoms. The molecule has 220 valence electrons. The minimum Gasteiger partial charge on any atom is -0.370 e. The van der Waals surface area contributed by atoms with Gasteiger partial charge in [-0.1, -0.05) is 0 Å². The summed E-state index contributed by atoms with van der Waals surface area (Å²) in [6, 6.07) is 13.9. The van der Waals surface area contributed by atoms with Crippen molar-refractivity contribution in [2.45, 2.75) is 6.42 Å². The van der Waals surface area contributed by atoms with E-state index >= 15 is 0 Å². The number of carbonyl (C=O) groups excluding carboxylic acids is 3. The predicted molar refractivity (Wildman–Crippen MR) is 165 cm³/mol. The number of aromatic amines is 2. The fourth-order valence-corrected chi connectivity index (χ4v) is 4.16. The molecule has 2 aromatic carbocycles. The number of nitrogens with zero attached hydrogens (tertiary/aromatic N) is 2. The summed E-state index contributed by atoms with van der Waals surface area (Å²) in [5.74, 6) is -0.153. The first-order valence-corrected chi connectivity index (χ1v) is 13.3. The molecule has 3 amide bonds. The lowest BCUT2D eigenvalue weighted by Crippen LogP contribution is -2.38. The lowest BCUT2D eigenvalue weighted by Gasteiger charge is -2.07. The van der Waals surface area contributed by atoms with E-state index in [4.69, 9.17) is 11.5 Å². The van der Waals surface area contributed by atoms with E-state index in [-0.39, 0.29) is 17.7 Å². The zero-order valence-electron chi connectivity index (χ0n) is 23.4. The number of aliphatic imine (C=N–C) groups is 2. The number of anilines is 1. The third-order valence-corrected chi connectivity index (χ3v) is 6.39. The molecule has 0 bridgehead atoms. The van der Waals surface area contributed by atoms with Gasteiger partial charge in [-0.15, -0.1) is 0 Å². The molecule has 0 atom stereocenters. The summed E-state index contributed by atoms with van der Waals surface area (Å²) in [5.41, 5.74) is 14.4. The van der Waals surface area contributed by atoms with Crippen molar-refractivity contribution in [3.8, 4) is 0 Å². The number of fused-ring (bicyclic) bond motifs is 2. The van der Waals surface area contributed by atoms with Crippen molar-refractivity contribution < 1.29 is 14.4 Å². The van der Waals surface area contributed by atoms with Crippen LogP contribution in [0.25, 0.3) is 21.8 Å². The molecular formula is C28H35N11O3. The summed E-state index contributed by atoms with van der Waals surface area (Å²) in [4.78, 5) is 51.8. The Kier molecular flexibility index (Phi) is 9.61. The summed E-state index contributed by atoms with van der Waals surface area (Å²) in [6.07, 6.45) is 0.685. The highest BCUT2D eigenvalue weighted by Gasteiger charge is 2.14. The molecule has 4 rings (SSSR count). The van der Waals surface area contributed by atoms with Crippen LogP contribution in [-0.2, 0) is 0 Å². The van der Waals surface area contributed by atoms with E-state index in [1.165, 1.54) is 0 Å². The van der Waals surface area contributed by atoms with Crippen LogP contribution in [0.5, 0.6) is 0 Å². The number of aromatic nitrogens is 2. The van der Waals surface area contributed by atoms with Gasteiger partial charge in [-0.25, -0.2) is 0 Å². The normalized spacial score (nSPS) is 11.9. The molecule has 4 aromatic rings. The molecule has 14 nitrogen and oxygen atoms in total. The van der Waals surface area contributed by atoms with Crippen molar-refractivity contribution in [1.29, 1.82) is 0 Å². The number of H-pyrrole nitrogens is 2. The van der Waals surface area contributed by atoms with Gasteiger partial charge in [0.2, 0.25) is 0 Å². The van der Waals surface area contributed by atoms with Gasteiger partial charge in [0.15, 0.2) is 11.9 Å². The average Bonchev–Trinajstić information content (AvgIpc) is 3.62. The van der Waals surface area contributed by atoms with Crippen LogP contribution >= 0.6 is 0 Å². The van der Waals surface area contributed by atoms with Crippen LogP contribution < -0.4 is 38.1 Å². The van der Waals surface area contributed by atoms with Crippen molar-refractivity contribution in [3.63, 3.8) is 0 Å². The molecule has 2 heterocycles. The van der Waals surface area contributed by atoms with Gasteiger partial charge in [0, 0.05) is 73.3 Å². The second-order valence-corrected chi connectivity index (χ2v) is 9.36. The van der Waals surface area contributed by atoms with Gasteiger partial charge in [-0.2, -0.15) is 0 Å². The summed E-state index contributed by atoms with van der Waals surface area (Å²) in [5, 5.41) is 15.9. The zero-order chi connectivity index (χ0) is 30.1. The molecule has 42 heavy (non-hydrogen) atoms. The first-order chi connectivity index (χ1) is 20.3. The molecule has 11 N–H and O–H groups in total. The Morgan fingerprint density at radius 2 is 1.21 bits per heavy atom. The molecule has 0 saturated heterocycles. The fraction of sp³-hybridized carbons (Fsp3) is 0.250. The van der Waals surface area contributed by atoms with Gasteiger partial charge in [0.1, 0.15) is 11.4 Å². The van der Waals surface area contributed by atoms with Crippen molar-refractivity contribution >= 4 is 57.1 Å². The molecule has 14 heteroatoms. The Balaban J connectivity index is 1.34. The van der Waals surface area contributed by atoms with Crippen LogP contribution in [0.4, 0.5) is 5.69 Å². The van der Waals surface area contributed by atoms with Gasteiger partial charge >= 0.3 is 0 Å². The van der Waals surface area contributed by atoms with E-state index in [1.807, 2.05) is 0 Å². The highest BCUT2D eigenvalue weighted by atomic mass is 16.2. The molecule has 0 aliphatic carbocycles. The number of carbonyl (C=O) groups is 3. The van der Waals surface area contributed by atoms with E-state index < -0.39 is 0 Å². The smallest absolute Gasteiger partial charge is 0.272 e. The highest BCUT2D eigenvalue weighted by molar-refractivity contribution is 6.08. The summed E-state index contributed by atoms with van der Waals surface area (Å²) < 4.78 is 0. The number of amides is 3. The number of rotatable bonds is 11. The Bertz CT molecular complexity index is 1650. The summed E-state index contributed by atoms with van der Waals surface area (Å²) in [7, 11) is 3.17. The van der Waals surface area contributed by atoms with Gasteiger partial charge in [-0.3, -0.25) is 24.4 Å². The monoisotopic (exact) mass is 573 g/mol. The van der Waals surface area contributed by atoms with Crippen molar-refractivity contribution in [3.05, 3.63) is 65.5 Å². The zero-order valence-corrected chi connectivity index (χ0v) is 23.4. The maximum atomic E-state index is 13.0. The first kappa shape index (κ1) is 29.5. The standard InChI is InChI=1S/C28H35N11O3/c1-31-27(29)35-9-3-8-33-24(40)16-4-6-20-17(12-16)14-23(39-20)26(42)37-19-5-7-21-18(13-19)15-22(38-21)25(41)34-10-11-36-28(30)32-2/h4-7,12-15,38-39H,3,8-11H2,1-2H3,(H,33,40)(H,34,41)(H,37,42)(H3,29,31,35)(H3,30,32,36). The van der Waals surface area contributed by atoms with Crippen molar-refractivity contribution in [2.75, 3.05) is 45.6 Å². The second kappa shape index (κ2) is 13.7. The number of hydrogen-bond donors (Lipinski definition) is 9. The third kappa shape index (κ3) is 7.56. The van der Waals surface area contributed by atoms with Crippen LogP contribution in [0.1, 0.15) is 37.8 Å². The average molecular weight is 574 g/mol. The number of hydrogen-bond acceptors (Lipinski definition) is 5. The van der Waals surface area contributed by atoms with Gasteiger partial charge in [0.25, 0.3) is 17.7 Å². The molecule has 2 aromatic heterocycles. The molecule has 0 radical (unpaired) electrons. The second-order valence-electron chi connectivity index (χ2n) is 9.36. The Morgan fingerprint density at radius 1 is 0.667 bits per heavy atom. The maximum absolute atomic E-state index is 13.0. The quantitative estimate of drug-likeness (QED) is 0.0713. The molecule has 0 aliphatic rings. The molecule has 0 saturated carbocycles. The van der Waals surface area contributed by atoms with Crippen LogP contribution in [-0.4, -0.2) is 79.9 Å². The van der Waals surface area contributed by atoms with E-state index in [0.717, 1.165) is 21.8 Å². The maximum Gasteiger partial charge on any atom is 0.272 e. The van der Waals surface area contributed by atoms with E-state index in [9.17, 15) is 14.4 Å². The third-order valence-electron chi connectivity index (χ3n) is 6.39. The van der Waals surface area contributed by atoms with E-state index in [1.54, 1.807) is 62.6 Å². The van der Waals surface area contributed by atoms with Crippen LogP contribution in [0.2, 0.25) is 0 Å². The number of nitrogens with one attached hydrogen (secondary N) is 7. The predicted octanol–water partition coefficient (Wildman–Crippen LogP) is 0.819. The van der Waals surface area contributed by atoms with Gasteiger partial charge < -0.3 is 48.0 Å². The van der Waals surface area contributed by atoms with E-state index in [0.29, 0.717) is 67.2 Å². The number of benzene rings is 2. The Hall–Kier alpha value is -5.53. The minimum atomic E-state index is -0.338. The first-order valence-electron chi connectivity index (χ1n) is 13.3. The summed E-state index contributed by atoms with van der Waals surface area (Å²) >= 11 is 0. The molecular weight excluding hydrogens is 538 g/mol. The van der Waals surface area contributed by atoms with Crippen molar-refractivity contribution in [1.82, 2.24) is 31.2 Å². The summed E-state index contributed by atoms with van der Waals surface area (Å²) in [6.45, 7) is 1.87. The topological polar surface area (TPSA) is 220 Å². The van der Waals surface area contributed by atoms with Gasteiger partial charge in [-0.05, 0) is 55.0 Å². The molecule has 0 fully saturated rings. The Labute approximate surface area is 241 Å². The lowest BCUT2D eigenvalue weighted by molar-refractivity contribution is 0.0943. The highest BCUT2D eigenvalue weighted by Crippen LogP contribution is 2.22. The fourth-order valence-electron chi connectivity index (χ4n) is 4.16.